The molecule has 1 aliphatic rings. The third-order valence-electron chi connectivity index (χ3n) is 4.88. The maximum Gasteiger partial charge on any atom is 0.184 e. The Balaban J connectivity index is 1.73. The van der Waals surface area contributed by atoms with Gasteiger partial charge in [-0.15, -0.1) is 0 Å². The summed E-state index contributed by atoms with van der Waals surface area (Å²) in [4.78, 5) is 8.79. The number of aromatic nitrogens is 4. The van der Waals surface area contributed by atoms with Gasteiger partial charge < -0.3 is 0 Å². The average Bonchev–Trinajstić information content (AvgIpc) is 2.97. The van der Waals surface area contributed by atoms with Gasteiger partial charge in [-0.05, 0) is 42.3 Å². The number of allylic oxidation sites excluding steroid dienone is 4. The van der Waals surface area contributed by atoms with Gasteiger partial charge in [-0.25, -0.2) is 18.3 Å². The van der Waals surface area contributed by atoms with Gasteiger partial charge in [0.2, 0.25) is 0 Å². The van der Waals surface area contributed by atoms with Crippen molar-refractivity contribution in [3.8, 4) is 0 Å². The van der Waals surface area contributed by atoms with Crippen LogP contribution in [0.25, 0.3) is 22.1 Å². The summed E-state index contributed by atoms with van der Waals surface area (Å²) >= 11 is 0. The first-order valence-electron chi connectivity index (χ1n) is 8.57. The molecule has 0 unspecified atom stereocenters. The molecule has 4 nitrogen and oxygen atoms in total. The van der Waals surface area contributed by atoms with E-state index in [2.05, 4.69) is 10.1 Å². The van der Waals surface area contributed by atoms with Gasteiger partial charge in [0.15, 0.2) is 17.3 Å². The smallest absolute Gasteiger partial charge is 0.184 e. The second kappa shape index (κ2) is 5.81. The average molecular weight is 360 g/mol. The van der Waals surface area contributed by atoms with E-state index in [1.807, 2.05) is 41.8 Å². The number of benzene rings is 1. The molecule has 27 heavy (non-hydrogen) atoms. The van der Waals surface area contributed by atoms with E-state index >= 15 is 0 Å². The highest BCUT2D eigenvalue weighted by Crippen LogP contribution is 2.30. The molecular weight excluding hydrogens is 346 g/mol. The van der Waals surface area contributed by atoms with E-state index < -0.39 is 11.6 Å². The molecule has 1 aliphatic carbocycles. The Hall–Kier alpha value is -3.41. The van der Waals surface area contributed by atoms with Crippen molar-refractivity contribution in [1.82, 2.24) is 19.6 Å². The van der Waals surface area contributed by atoms with Crippen molar-refractivity contribution in [1.29, 1.82) is 0 Å². The van der Waals surface area contributed by atoms with Crippen LogP contribution >= 0.6 is 0 Å². The first-order valence-corrected chi connectivity index (χ1v) is 8.57. The highest BCUT2D eigenvalue weighted by atomic mass is 19.2. The normalized spacial score (nSPS) is 13.2. The second-order valence-electron chi connectivity index (χ2n) is 6.54. The molecule has 132 valence electrons. The lowest BCUT2D eigenvalue weighted by Gasteiger charge is -2.10. The molecule has 3 aromatic heterocycles. The van der Waals surface area contributed by atoms with Crippen LogP contribution in [0.4, 0.5) is 8.78 Å². The molecule has 4 aromatic rings. The molecule has 0 saturated heterocycles. The van der Waals surface area contributed by atoms with E-state index in [4.69, 9.17) is 4.98 Å². The van der Waals surface area contributed by atoms with Crippen LogP contribution in [0.5, 0.6) is 0 Å². The third-order valence-corrected chi connectivity index (χ3v) is 4.88. The van der Waals surface area contributed by atoms with Crippen molar-refractivity contribution in [2.24, 2.45) is 0 Å². The lowest BCUT2D eigenvalue weighted by atomic mass is 9.98. The van der Waals surface area contributed by atoms with E-state index in [1.165, 1.54) is 6.20 Å². The van der Waals surface area contributed by atoms with Crippen molar-refractivity contribution in [2.45, 2.75) is 13.3 Å². The lowest BCUT2D eigenvalue weighted by Crippen LogP contribution is -2.03. The third kappa shape index (κ3) is 2.37. The van der Waals surface area contributed by atoms with Crippen LogP contribution in [0.15, 0.2) is 54.9 Å². The molecular formula is C21H14F2N4. The summed E-state index contributed by atoms with van der Waals surface area (Å²) < 4.78 is 29.6. The fourth-order valence-electron chi connectivity index (χ4n) is 3.40. The molecule has 0 spiro atoms. The maximum absolute atomic E-state index is 14.1. The molecule has 0 N–H and O–H groups in total. The quantitative estimate of drug-likeness (QED) is 0.544. The summed E-state index contributed by atoms with van der Waals surface area (Å²) in [6.45, 7) is 1.99. The number of imidazole rings is 1. The minimum Gasteiger partial charge on any atom is -0.253 e. The van der Waals surface area contributed by atoms with Gasteiger partial charge in [-0.1, -0.05) is 18.2 Å². The Morgan fingerprint density at radius 1 is 1.07 bits per heavy atom. The number of fused-ring (bicyclic) bond motifs is 2. The number of nitrogens with zero attached hydrogens (tertiary/aromatic N) is 4. The number of halogens is 2. The molecule has 0 saturated carbocycles. The second-order valence-corrected chi connectivity index (χ2v) is 6.54. The summed E-state index contributed by atoms with van der Waals surface area (Å²) in [5.74, 6) is -1.82. The number of rotatable bonds is 3. The van der Waals surface area contributed by atoms with Crippen molar-refractivity contribution in [3.05, 3.63) is 89.0 Å². The Morgan fingerprint density at radius 3 is 2.70 bits per heavy atom. The van der Waals surface area contributed by atoms with Crippen LogP contribution in [-0.2, 0) is 6.42 Å². The van der Waals surface area contributed by atoms with Crippen molar-refractivity contribution in [2.75, 3.05) is 0 Å². The summed E-state index contributed by atoms with van der Waals surface area (Å²) in [5, 5.41) is 5.05. The van der Waals surface area contributed by atoms with Crippen LogP contribution in [0.3, 0.4) is 0 Å². The lowest BCUT2D eigenvalue weighted by molar-refractivity contribution is 0.515. The van der Waals surface area contributed by atoms with Crippen molar-refractivity contribution < 1.29 is 8.78 Å². The van der Waals surface area contributed by atoms with Crippen LogP contribution in [0.2, 0.25) is 0 Å². The molecule has 0 aliphatic heterocycles. The highest BCUT2D eigenvalue weighted by molar-refractivity contribution is 5.85. The highest BCUT2D eigenvalue weighted by Gasteiger charge is 2.20. The van der Waals surface area contributed by atoms with Gasteiger partial charge in [-0.2, -0.15) is 5.10 Å². The van der Waals surface area contributed by atoms with Gasteiger partial charge in [0.05, 0.1) is 11.4 Å². The minimum absolute atomic E-state index is 0.0368. The van der Waals surface area contributed by atoms with Gasteiger partial charge in [0, 0.05) is 29.8 Å². The Morgan fingerprint density at radius 2 is 1.93 bits per heavy atom. The standard InChI is InChI=1S/C21H14F2N4/c1-12-7-10-25-27-17(19(26-21(12)27)13-3-2-4-13)11-14-8-9-24-20-15(14)5-6-16(22)18(20)23/h2-10H,11H2,1H3. The molecule has 0 atom stereocenters. The monoisotopic (exact) mass is 360 g/mol. The van der Waals surface area contributed by atoms with E-state index in [0.29, 0.717) is 11.8 Å². The maximum atomic E-state index is 14.1. The zero-order chi connectivity index (χ0) is 18.5. The molecule has 6 heteroatoms. The first kappa shape index (κ1) is 15.8. The summed E-state index contributed by atoms with van der Waals surface area (Å²) in [6.07, 6.45) is 9.68. The zero-order valence-electron chi connectivity index (χ0n) is 14.4. The SMILES string of the molecule is Cc1ccnn2c(Cc3ccnc4c(F)c(F)ccc34)c(C3=CC=C3)nc12. The topological polar surface area (TPSA) is 43.1 Å². The van der Waals surface area contributed by atoms with Crippen LogP contribution in [-0.4, -0.2) is 19.6 Å². The van der Waals surface area contributed by atoms with Gasteiger partial charge in [0.25, 0.3) is 0 Å². The molecule has 0 radical (unpaired) electrons. The summed E-state index contributed by atoms with van der Waals surface area (Å²) in [5.41, 5.74) is 5.48. The Labute approximate surface area is 153 Å². The Bertz CT molecular complexity index is 1280. The Kier molecular flexibility index (Phi) is 3.40. The van der Waals surface area contributed by atoms with Crippen molar-refractivity contribution in [3.63, 3.8) is 0 Å². The largest absolute Gasteiger partial charge is 0.253 e. The van der Waals surface area contributed by atoms with Gasteiger partial charge in [0.1, 0.15) is 5.52 Å². The van der Waals surface area contributed by atoms with Gasteiger partial charge >= 0.3 is 0 Å². The summed E-state index contributed by atoms with van der Waals surface area (Å²) in [7, 11) is 0. The van der Waals surface area contributed by atoms with E-state index in [0.717, 1.165) is 39.8 Å². The first-order chi connectivity index (χ1) is 13.1. The number of aryl methyl sites for hydroxylation is 1. The van der Waals surface area contributed by atoms with E-state index in [-0.39, 0.29) is 5.52 Å². The predicted molar refractivity (Wildman–Crippen MR) is 99.3 cm³/mol. The number of pyridine rings is 1. The van der Waals surface area contributed by atoms with E-state index in [9.17, 15) is 8.78 Å². The molecule has 5 rings (SSSR count). The number of hydrogen-bond donors (Lipinski definition) is 0. The molecule has 0 fully saturated rings. The molecule has 0 bridgehead atoms. The minimum atomic E-state index is -0.925. The molecule has 3 heterocycles. The van der Waals surface area contributed by atoms with Crippen molar-refractivity contribution >= 4 is 22.1 Å². The predicted octanol–water partition coefficient (Wildman–Crippen LogP) is 4.41. The molecule has 0 amide bonds. The van der Waals surface area contributed by atoms with Crippen LogP contribution < -0.4 is 0 Å². The van der Waals surface area contributed by atoms with E-state index in [1.54, 1.807) is 12.3 Å². The summed E-state index contributed by atoms with van der Waals surface area (Å²) in [6, 6.07) is 6.45. The fraction of sp³-hybridized carbons (Fsp3) is 0.0952. The van der Waals surface area contributed by atoms with Gasteiger partial charge in [-0.3, -0.25) is 4.98 Å². The number of hydrogen-bond acceptors (Lipinski definition) is 3. The van der Waals surface area contributed by atoms with Crippen LogP contribution in [0, 0.1) is 18.6 Å². The van der Waals surface area contributed by atoms with Crippen LogP contribution in [0.1, 0.15) is 22.5 Å². The zero-order valence-corrected chi connectivity index (χ0v) is 14.4. The fourth-order valence-corrected chi connectivity index (χ4v) is 3.40. The molecule has 1 aromatic carbocycles.